The molecule has 1 aliphatic rings. The second-order valence-corrected chi connectivity index (χ2v) is 5.91. The van der Waals surface area contributed by atoms with Crippen molar-refractivity contribution in [3.8, 4) is 0 Å². The average Bonchev–Trinajstić information content (AvgIpc) is 2.28. The van der Waals surface area contributed by atoms with Gasteiger partial charge in [0.15, 0.2) is 0 Å². The highest BCUT2D eigenvalue weighted by Crippen LogP contribution is 2.28. The first-order valence-corrected chi connectivity index (χ1v) is 6.34. The molecule has 0 bridgehead atoms. The zero-order valence-electron chi connectivity index (χ0n) is 10.9. The molecule has 2 nitrogen and oxygen atoms in total. The van der Waals surface area contributed by atoms with Crippen LogP contribution in [0.5, 0.6) is 0 Å². The van der Waals surface area contributed by atoms with E-state index >= 15 is 0 Å². The van der Waals surface area contributed by atoms with Gasteiger partial charge in [-0.15, -0.1) is 0 Å². The van der Waals surface area contributed by atoms with Crippen molar-refractivity contribution in [3.63, 3.8) is 0 Å². The Morgan fingerprint density at radius 3 is 2.35 bits per heavy atom. The minimum atomic E-state index is 0.182. The highest BCUT2D eigenvalue weighted by atomic mass is 16.1. The van der Waals surface area contributed by atoms with Crippen LogP contribution < -0.4 is 5.32 Å². The van der Waals surface area contributed by atoms with Gasteiger partial charge in [-0.1, -0.05) is 45.0 Å². The molecule has 1 heterocycles. The van der Waals surface area contributed by atoms with Gasteiger partial charge in [0.05, 0.1) is 0 Å². The van der Waals surface area contributed by atoms with Crippen molar-refractivity contribution in [2.45, 2.75) is 44.9 Å². The van der Waals surface area contributed by atoms with Crippen LogP contribution in [0.25, 0.3) is 0 Å². The fourth-order valence-electron chi connectivity index (χ4n) is 2.32. The molecule has 1 amide bonds. The number of hydrogen-bond donors (Lipinski definition) is 1. The molecule has 2 heteroatoms. The summed E-state index contributed by atoms with van der Waals surface area (Å²) >= 11 is 0. The largest absolute Gasteiger partial charge is 0.356 e. The molecule has 1 aromatic rings. The predicted octanol–water partition coefficient (Wildman–Crippen LogP) is 2.98. The number of carbonyl (C=O) groups is 1. The number of benzene rings is 1. The maximum atomic E-state index is 11.4. The standard InChI is InChI=1S/C15H21NO/c1-15(2,3)13-6-4-11(5-7-13)12-8-9-16-14(17)10-12/h4-7,12H,8-10H2,1-3H3,(H,16,17). The summed E-state index contributed by atoms with van der Waals surface area (Å²) in [4.78, 5) is 11.4. The smallest absolute Gasteiger partial charge is 0.220 e. The first kappa shape index (κ1) is 12.2. The lowest BCUT2D eigenvalue weighted by atomic mass is 9.84. The molecule has 2 rings (SSSR count). The van der Waals surface area contributed by atoms with Crippen molar-refractivity contribution in [2.75, 3.05) is 6.54 Å². The van der Waals surface area contributed by atoms with Gasteiger partial charge in [0.25, 0.3) is 0 Å². The lowest BCUT2D eigenvalue weighted by Gasteiger charge is -2.24. The molecule has 1 atom stereocenters. The summed E-state index contributed by atoms with van der Waals surface area (Å²) in [5, 5.41) is 2.88. The van der Waals surface area contributed by atoms with Gasteiger partial charge in [-0.3, -0.25) is 4.79 Å². The van der Waals surface area contributed by atoms with Crippen LogP contribution in [-0.2, 0) is 10.2 Å². The number of piperidine rings is 1. The van der Waals surface area contributed by atoms with Crippen molar-refractivity contribution < 1.29 is 4.79 Å². The highest BCUT2D eigenvalue weighted by molar-refractivity contribution is 5.77. The van der Waals surface area contributed by atoms with Gasteiger partial charge >= 0.3 is 0 Å². The van der Waals surface area contributed by atoms with E-state index in [0.717, 1.165) is 13.0 Å². The first-order valence-electron chi connectivity index (χ1n) is 6.34. The molecule has 92 valence electrons. The average molecular weight is 231 g/mol. The van der Waals surface area contributed by atoms with E-state index in [2.05, 4.69) is 50.4 Å². The third kappa shape index (κ3) is 2.87. The Morgan fingerprint density at radius 2 is 1.82 bits per heavy atom. The van der Waals surface area contributed by atoms with Crippen LogP contribution in [-0.4, -0.2) is 12.5 Å². The monoisotopic (exact) mass is 231 g/mol. The second kappa shape index (κ2) is 4.52. The maximum absolute atomic E-state index is 11.4. The van der Waals surface area contributed by atoms with Crippen molar-refractivity contribution in [3.05, 3.63) is 35.4 Å². The van der Waals surface area contributed by atoms with Crippen LogP contribution in [0.15, 0.2) is 24.3 Å². The molecule has 17 heavy (non-hydrogen) atoms. The van der Waals surface area contributed by atoms with Gasteiger partial charge in [0, 0.05) is 13.0 Å². The van der Waals surface area contributed by atoms with Gasteiger partial charge < -0.3 is 5.32 Å². The molecule has 1 fully saturated rings. The van der Waals surface area contributed by atoms with E-state index in [9.17, 15) is 4.79 Å². The molecule has 1 N–H and O–H groups in total. The summed E-state index contributed by atoms with van der Waals surface area (Å²) in [5.41, 5.74) is 2.84. The van der Waals surface area contributed by atoms with Crippen LogP contribution in [0.3, 0.4) is 0 Å². The Kier molecular flexibility index (Phi) is 3.23. The topological polar surface area (TPSA) is 29.1 Å². The molecular weight excluding hydrogens is 210 g/mol. The Hall–Kier alpha value is -1.31. The molecule has 0 aliphatic carbocycles. The normalized spacial score (nSPS) is 21.1. The number of hydrogen-bond acceptors (Lipinski definition) is 1. The number of carbonyl (C=O) groups excluding carboxylic acids is 1. The molecule has 0 spiro atoms. The number of rotatable bonds is 1. The third-order valence-electron chi connectivity index (χ3n) is 3.49. The van der Waals surface area contributed by atoms with Crippen LogP contribution >= 0.6 is 0 Å². The first-order chi connectivity index (χ1) is 7.97. The summed E-state index contributed by atoms with van der Waals surface area (Å²) < 4.78 is 0. The Bertz CT molecular complexity index is 400. The summed E-state index contributed by atoms with van der Waals surface area (Å²) in [5.74, 6) is 0.582. The quantitative estimate of drug-likeness (QED) is 0.791. The second-order valence-electron chi connectivity index (χ2n) is 5.91. The van der Waals surface area contributed by atoms with E-state index in [1.807, 2.05) is 0 Å². The maximum Gasteiger partial charge on any atom is 0.220 e. The van der Waals surface area contributed by atoms with Gasteiger partial charge in [-0.05, 0) is 28.9 Å². The zero-order chi connectivity index (χ0) is 12.5. The summed E-state index contributed by atoms with van der Waals surface area (Å²) in [6, 6.07) is 8.76. The van der Waals surface area contributed by atoms with Crippen LogP contribution in [0.4, 0.5) is 0 Å². The van der Waals surface area contributed by atoms with Crippen molar-refractivity contribution >= 4 is 5.91 Å². The van der Waals surface area contributed by atoms with Gasteiger partial charge in [-0.25, -0.2) is 0 Å². The molecule has 1 saturated heterocycles. The van der Waals surface area contributed by atoms with Crippen LogP contribution in [0.1, 0.15) is 50.7 Å². The minimum Gasteiger partial charge on any atom is -0.356 e. The molecule has 1 unspecified atom stereocenters. The van der Waals surface area contributed by atoms with Crippen LogP contribution in [0.2, 0.25) is 0 Å². The number of nitrogens with one attached hydrogen (secondary N) is 1. The van der Waals surface area contributed by atoms with Gasteiger partial charge in [0.2, 0.25) is 5.91 Å². The fraction of sp³-hybridized carbons (Fsp3) is 0.533. The Balaban J connectivity index is 2.15. The fourth-order valence-corrected chi connectivity index (χ4v) is 2.32. The van der Waals surface area contributed by atoms with Crippen LogP contribution in [0, 0.1) is 0 Å². The SMILES string of the molecule is CC(C)(C)c1ccc(C2CCNC(=O)C2)cc1. The molecular formula is C15H21NO. The molecule has 1 aromatic carbocycles. The molecule has 0 aromatic heterocycles. The highest BCUT2D eigenvalue weighted by Gasteiger charge is 2.21. The summed E-state index contributed by atoms with van der Waals surface area (Å²) in [6.45, 7) is 7.46. The Morgan fingerprint density at radius 1 is 1.18 bits per heavy atom. The van der Waals surface area contributed by atoms with Crippen molar-refractivity contribution in [1.29, 1.82) is 0 Å². The van der Waals surface area contributed by atoms with Crippen molar-refractivity contribution in [2.24, 2.45) is 0 Å². The van der Waals surface area contributed by atoms with Gasteiger partial charge in [-0.2, -0.15) is 0 Å². The van der Waals surface area contributed by atoms with Crippen molar-refractivity contribution in [1.82, 2.24) is 5.32 Å². The molecule has 1 aliphatic heterocycles. The zero-order valence-corrected chi connectivity index (χ0v) is 10.9. The number of amides is 1. The van der Waals surface area contributed by atoms with E-state index in [0.29, 0.717) is 12.3 Å². The third-order valence-corrected chi connectivity index (χ3v) is 3.49. The lowest BCUT2D eigenvalue weighted by molar-refractivity contribution is -0.122. The van der Waals surface area contributed by atoms with E-state index in [1.54, 1.807) is 0 Å². The minimum absolute atomic E-state index is 0.182. The molecule has 0 radical (unpaired) electrons. The van der Waals surface area contributed by atoms with E-state index in [1.165, 1.54) is 11.1 Å². The summed E-state index contributed by atoms with van der Waals surface area (Å²) in [6.07, 6.45) is 1.69. The van der Waals surface area contributed by atoms with E-state index in [-0.39, 0.29) is 11.3 Å². The Labute approximate surface area is 103 Å². The van der Waals surface area contributed by atoms with E-state index in [4.69, 9.17) is 0 Å². The molecule has 0 saturated carbocycles. The van der Waals surface area contributed by atoms with Gasteiger partial charge in [0.1, 0.15) is 0 Å². The van der Waals surface area contributed by atoms with E-state index < -0.39 is 0 Å². The predicted molar refractivity (Wildman–Crippen MR) is 70.1 cm³/mol. The lowest BCUT2D eigenvalue weighted by Crippen LogP contribution is -2.32. The summed E-state index contributed by atoms with van der Waals surface area (Å²) in [7, 11) is 0.